The van der Waals surface area contributed by atoms with Crippen molar-refractivity contribution in [3.8, 4) is 11.4 Å². The van der Waals surface area contributed by atoms with E-state index in [9.17, 15) is 45.8 Å². The molecule has 216 valence electrons. The first-order valence-corrected chi connectivity index (χ1v) is 11.5. The minimum Gasteiger partial charge on any atom is -0.440 e. The van der Waals surface area contributed by atoms with Gasteiger partial charge in [-0.1, -0.05) is 23.7 Å². The van der Waals surface area contributed by atoms with Crippen LogP contribution in [0.5, 0.6) is 0 Å². The normalized spacial score (nSPS) is 13.5. The van der Waals surface area contributed by atoms with Gasteiger partial charge in [-0.2, -0.15) is 26.3 Å². The molecular weight excluding hydrogens is 576 g/mol. The van der Waals surface area contributed by atoms with Gasteiger partial charge in [-0.15, -0.1) is 5.10 Å². The van der Waals surface area contributed by atoms with Crippen molar-refractivity contribution in [3.05, 3.63) is 75.2 Å². The van der Waals surface area contributed by atoms with Crippen LogP contribution in [0.4, 0.5) is 31.1 Å². The summed E-state index contributed by atoms with van der Waals surface area (Å²) in [5, 5.41) is 16.0. The molecule has 10 nitrogen and oxygen atoms in total. The fourth-order valence-corrected chi connectivity index (χ4v) is 3.61. The SMILES string of the molecule is NC(=O)OC(CNC(=O)Cn1nc(-c2ccc(Cl)cc2)n(C[C@H](O)C(F)(F)F)c1=O)c1cccc(C(F)(F)F)c1. The summed E-state index contributed by atoms with van der Waals surface area (Å²) in [6.07, 6.45) is -15.5. The molecule has 2 atom stereocenters. The molecule has 0 fully saturated rings. The van der Waals surface area contributed by atoms with Crippen molar-refractivity contribution in [2.45, 2.75) is 37.7 Å². The van der Waals surface area contributed by atoms with Crippen molar-refractivity contribution in [3.63, 3.8) is 0 Å². The van der Waals surface area contributed by atoms with E-state index in [1.807, 2.05) is 0 Å². The summed E-state index contributed by atoms with van der Waals surface area (Å²) < 4.78 is 84.1. The number of aromatic nitrogens is 3. The number of amides is 2. The monoisotopic (exact) mass is 595 g/mol. The van der Waals surface area contributed by atoms with E-state index in [1.165, 1.54) is 30.3 Å². The predicted octanol–water partition coefficient (Wildman–Crippen LogP) is 3.26. The maximum Gasteiger partial charge on any atom is 0.416 e. The maximum atomic E-state index is 13.1. The smallest absolute Gasteiger partial charge is 0.416 e. The molecule has 2 amide bonds. The molecule has 17 heteroatoms. The topological polar surface area (TPSA) is 141 Å². The van der Waals surface area contributed by atoms with E-state index in [0.717, 1.165) is 12.1 Å². The van der Waals surface area contributed by atoms with E-state index < -0.39 is 67.4 Å². The number of rotatable bonds is 9. The Hall–Kier alpha value is -4.05. The van der Waals surface area contributed by atoms with Crippen molar-refractivity contribution < 1.29 is 45.8 Å². The number of nitrogens with two attached hydrogens (primary N) is 1. The van der Waals surface area contributed by atoms with E-state index >= 15 is 0 Å². The molecule has 0 aliphatic heterocycles. The molecule has 0 radical (unpaired) electrons. The minimum absolute atomic E-state index is 0.148. The average Bonchev–Trinajstić information content (AvgIpc) is 3.15. The van der Waals surface area contributed by atoms with Crippen LogP contribution in [-0.2, 0) is 28.8 Å². The second kappa shape index (κ2) is 12.0. The van der Waals surface area contributed by atoms with Crippen LogP contribution in [0.3, 0.4) is 0 Å². The third-order valence-electron chi connectivity index (χ3n) is 5.38. The highest BCUT2D eigenvalue weighted by Gasteiger charge is 2.39. The number of hydrogen-bond acceptors (Lipinski definition) is 6. The van der Waals surface area contributed by atoms with E-state index in [-0.39, 0.29) is 22.0 Å². The van der Waals surface area contributed by atoms with Gasteiger partial charge in [0.1, 0.15) is 12.6 Å². The van der Waals surface area contributed by atoms with Gasteiger partial charge in [0, 0.05) is 10.6 Å². The van der Waals surface area contributed by atoms with Gasteiger partial charge < -0.3 is 20.9 Å². The van der Waals surface area contributed by atoms with E-state index in [1.54, 1.807) is 0 Å². The van der Waals surface area contributed by atoms with Crippen molar-refractivity contribution in [1.29, 1.82) is 0 Å². The van der Waals surface area contributed by atoms with Gasteiger partial charge in [0.05, 0.1) is 18.7 Å². The van der Waals surface area contributed by atoms with Crippen LogP contribution >= 0.6 is 11.6 Å². The second-order valence-corrected chi connectivity index (χ2v) is 8.73. The summed E-state index contributed by atoms with van der Waals surface area (Å²) in [4.78, 5) is 36.7. The molecule has 4 N–H and O–H groups in total. The summed E-state index contributed by atoms with van der Waals surface area (Å²) >= 11 is 5.82. The number of carbonyl (C=O) groups is 2. The van der Waals surface area contributed by atoms with E-state index in [0.29, 0.717) is 15.3 Å². The number of ether oxygens (including phenoxy) is 1. The van der Waals surface area contributed by atoms with Crippen LogP contribution in [0.15, 0.2) is 53.3 Å². The number of nitrogens with zero attached hydrogens (tertiary/aromatic N) is 3. The van der Waals surface area contributed by atoms with Crippen LogP contribution in [-0.4, -0.2) is 50.3 Å². The van der Waals surface area contributed by atoms with Crippen molar-refractivity contribution in [1.82, 2.24) is 19.7 Å². The standard InChI is InChI=1S/C23H20ClF6N5O5/c24-15-6-4-12(5-7-15)19-33-35(21(39)34(19)10-17(36)23(28,29)30)11-18(37)32-9-16(40-20(31)38)13-2-1-3-14(8-13)22(25,26)27/h1-8,16-17,36H,9-11H2,(H2,31,38)(H,32,37)/t16?,17-/m0/s1. The van der Waals surface area contributed by atoms with Gasteiger partial charge >= 0.3 is 24.1 Å². The zero-order chi connectivity index (χ0) is 29.8. The van der Waals surface area contributed by atoms with Gasteiger partial charge in [0.25, 0.3) is 0 Å². The van der Waals surface area contributed by atoms with Crippen LogP contribution in [0.25, 0.3) is 11.4 Å². The summed E-state index contributed by atoms with van der Waals surface area (Å²) in [5.74, 6) is -1.27. The Balaban J connectivity index is 1.84. The highest BCUT2D eigenvalue weighted by Crippen LogP contribution is 2.31. The number of halogens is 7. The number of alkyl halides is 6. The Morgan fingerprint density at radius 1 is 1.10 bits per heavy atom. The Labute approximate surface area is 225 Å². The second-order valence-electron chi connectivity index (χ2n) is 8.29. The fourth-order valence-electron chi connectivity index (χ4n) is 3.48. The van der Waals surface area contributed by atoms with Gasteiger partial charge in [0.2, 0.25) is 5.91 Å². The number of hydrogen-bond donors (Lipinski definition) is 3. The lowest BCUT2D eigenvalue weighted by Crippen LogP contribution is -2.39. The molecule has 1 unspecified atom stereocenters. The number of benzene rings is 2. The molecule has 1 aromatic heterocycles. The van der Waals surface area contributed by atoms with Crippen molar-refractivity contribution in [2.24, 2.45) is 5.73 Å². The van der Waals surface area contributed by atoms with Crippen LogP contribution in [0, 0.1) is 0 Å². The maximum absolute atomic E-state index is 13.1. The summed E-state index contributed by atoms with van der Waals surface area (Å²) in [6, 6.07) is 9.19. The zero-order valence-corrected chi connectivity index (χ0v) is 20.8. The zero-order valence-electron chi connectivity index (χ0n) is 20.0. The van der Waals surface area contributed by atoms with Crippen LogP contribution in [0.1, 0.15) is 17.2 Å². The molecule has 3 aromatic rings. The lowest BCUT2D eigenvalue weighted by molar-refractivity contribution is -0.207. The van der Waals surface area contributed by atoms with E-state index in [4.69, 9.17) is 22.1 Å². The predicted molar refractivity (Wildman–Crippen MR) is 127 cm³/mol. The molecule has 0 bridgehead atoms. The van der Waals surface area contributed by atoms with Crippen LogP contribution in [0.2, 0.25) is 5.02 Å². The highest BCUT2D eigenvalue weighted by atomic mass is 35.5. The van der Waals surface area contributed by atoms with Gasteiger partial charge in [-0.3, -0.25) is 9.36 Å². The summed E-state index contributed by atoms with van der Waals surface area (Å²) in [6.45, 7) is -2.65. The molecule has 0 aliphatic rings. The number of carbonyl (C=O) groups excluding carboxylic acids is 2. The number of aliphatic hydroxyl groups is 1. The number of nitrogens with one attached hydrogen (secondary N) is 1. The minimum atomic E-state index is -5.06. The Kier molecular flexibility index (Phi) is 9.14. The molecular formula is C23H20ClF6N5O5. The molecule has 0 saturated carbocycles. The molecule has 40 heavy (non-hydrogen) atoms. The Morgan fingerprint density at radius 3 is 2.33 bits per heavy atom. The number of aliphatic hydroxyl groups excluding tert-OH is 1. The fraction of sp³-hybridized carbons (Fsp3) is 0.304. The Morgan fingerprint density at radius 2 is 1.75 bits per heavy atom. The van der Waals surface area contributed by atoms with Crippen LogP contribution < -0.4 is 16.7 Å². The highest BCUT2D eigenvalue weighted by molar-refractivity contribution is 6.30. The van der Waals surface area contributed by atoms with Gasteiger partial charge in [-0.25, -0.2) is 14.3 Å². The average molecular weight is 596 g/mol. The van der Waals surface area contributed by atoms with Crippen molar-refractivity contribution in [2.75, 3.05) is 6.54 Å². The Bertz CT molecular complexity index is 1420. The molecule has 3 rings (SSSR count). The van der Waals surface area contributed by atoms with Gasteiger partial charge in [0.15, 0.2) is 11.9 Å². The first-order valence-electron chi connectivity index (χ1n) is 11.1. The van der Waals surface area contributed by atoms with Gasteiger partial charge in [-0.05, 0) is 42.0 Å². The lowest BCUT2D eigenvalue weighted by atomic mass is 10.1. The van der Waals surface area contributed by atoms with E-state index in [2.05, 4.69) is 10.4 Å². The molecule has 0 spiro atoms. The first-order chi connectivity index (χ1) is 18.6. The quantitative estimate of drug-likeness (QED) is 0.324. The molecule has 0 aliphatic carbocycles. The van der Waals surface area contributed by atoms with Crippen molar-refractivity contribution >= 4 is 23.6 Å². The summed E-state index contributed by atoms with van der Waals surface area (Å²) in [5.41, 5.74) is 2.76. The summed E-state index contributed by atoms with van der Waals surface area (Å²) in [7, 11) is 0. The molecule has 1 heterocycles. The third-order valence-corrected chi connectivity index (χ3v) is 5.63. The molecule has 0 saturated heterocycles. The molecule has 2 aromatic carbocycles. The largest absolute Gasteiger partial charge is 0.440 e. The first kappa shape index (κ1) is 30.5. The third kappa shape index (κ3) is 7.75. The number of primary amides is 1. The lowest BCUT2D eigenvalue weighted by Gasteiger charge is -2.19.